The van der Waals surface area contributed by atoms with Crippen LogP contribution in [-0.2, 0) is 7.05 Å². The molecule has 0 bridgehead atoms. The molecule has 0 saturated heterocycles. The summed E-state index contributed by atoms with van der Waals surface area (Å²) in [6.07, 6.45) is 4.71. The van der Waals surface area contributed by atoms with Crippen LogP contribution in [0, 0.1) is 0 Å². The number of nitrogens with zero attached hydrogens (tertiary/aromatic N) is 3. The second-order valence-electron chi connectivity index (χ2n) is 6.80. The van der Waals surface area contributed by atoms with Gasteiger partial charge in [-0.25, -0.2) is 9.97 Å². The number of unbranched alkanes of at least 4 members (excludes halogenated alkanes) is 1. The lowest BCUT2D eigenvalue weighted by molar-refractivity contribution is 0.0937. The summed E-state index contributed by atoms with van der Waals surface area (Å²) >= 11 is 12.5. The molecular weight excluding hydrogens is 397 g/mol. The lowest BCUT2D eigenvalue weighted by atomic mass is 10.1. The molecule has 148 valence electrons. The highest BCUT2D eigenvalue weighted by atomic mass is 35.5. The van der Waals surface area contributed by atoms with Gasteiger partial charge in [-0.3, -0.25) is 9.36 Å². The summed E-state index contributed by atoms with van der Waals surface area (Å²) in [6.45, 7) is 4.14. The van der Waals surface area contributed by atoms with Gasteiger partial charge >= 0.3 is 0 Å². The Bertz CT molecular complexity index is 981. The van der Waals surface area contributed by atoms with Gasteiger partial charge in [-0.15, -0.1) is 0 Å². The number of fused-ring (bicyclic) bond motifs is 1. The minimum atomic E-state index is -0.146. The van der Waals surface area contributed by atoms with E-state index in [-0.39, 0.29) is 11.9 Å². The SMILES string of the molecule is CCCC[C@@H](C)NC(=O)c1cnc2c(c1)nc(Nc1c(Cl)cccc1Cl)n2C. The number of rotatable bonds is 7. The van der Waals surface area contributed by atoms with Crippen LogP contribution in [0.15, 0.2) is 30.5 Å². The van der Waals surface area contributed by atoms with Crippen LogP contribution < -0.4 is 10.6 Å². The van der Waals surface area contributed by atoms with Crippen molar-refractivity contribution in [3.05, 3.63) is 46.1 Å². The van der Waals surface area contributed by atoms with Crippen molar-refractivity contribution in [2.24, 2.45) is 7.05 Å². The van der Waals surface area contributed by atoms with Gasteiger partial charge < -0.3 is 10.6 Å². The molecule has 28 heavy (non-hydrogen) atoms. The molecule has 0 fully saturated rings. The number of halogens is 2. The Morgan fingerprint density at radius 1 is 1.29 bits per heavy atom. The summed E-state index contributed by atoms with van der Waals surface area (Å²) in [5.41, 5.74) is 2.33. The van der Waals surface area contributed by atoms with Crippen LogP contribution in [0.2, 0.25) is 10.0 Å². The van der Waals surface area contributed by atoms with Crippen LogP contribution in [0.5, 0.6) is 0 Å². The number of aryl methyl sites for hydroxylation is 1. The van der Waals surface area contributed by atoms with Crippen molar-refractivity contribution in [3.8, 4) is 0 Å². The van der Waals surface area contributed by atoms with Crippen molar-refractivity contribution in [3.63, 3.8) is 0 Å². The quantitative estimate of drug-likeness (QED) is 0.542. The van der Waals surface area contributed by atoms with Crippen molar-refractivity contribution in [2.75, 3.05) is 5.32 Å². The molecule has 0 spiro atoms. The predicted octanol–water partition coefficient (Wildman–Crippen LogP) is 5.33. The van der Waals surface area contributed by atoms with Crippen LogP contribution in [0.25, 0.3) is 11.2 Å². The van der Waals surface area contributed by atoms with E-state index in [2.05, 4.69) is 27.5 Å². The first kappa shape index (κ1) is 20.4. The zero-order chi connectivity index (χ0) is 20.3. The highest BCUT2D eigenvalue weighted by molar-refractivity contribution is 6.39. The summed E-state index contributed by atoms with van der Waals surface area (Å²) in [6, 6.07) is 7.13. The van der Waals surface area contributed by atoms with E-state index >= 15 is 0 Å². The number of hydrogen-bond acceptors (Lipinski definition) is 4. The molecule has 2 aromatic heterocycles. The van der Waals surface area contributed by atoms with Crippen molar-refractivity contribution in [2.45, 2.75) is 39.2 Å². The molecule has 2 heterocycles. The maximum Gasteiger partial charge on any atom is 0.253 e. The summed E-state index contributed by atoms with van der Waals surface area (Å²) in [5, 5.41) is 7.15. The van der Waals surface area contributed by atoms with Gasteiger partial charge in [0.05, 0.1) is 21.3 Å². The number of imidazole rings is 1. The number of pyridine rings is 1. The van der Waals surface area contributed by atoms with Gasteiger partial charge in [0.1, 0.15) is 5.52 Å². The van der Waals surface area contributed by atoms with E-state index in [0.717, 1.165) is 19.3 Å². The van der Waals surface area contributed by atoms with Crippen molar-refractivity contribution in [1.82, 2.24) is 19.9 Å². The lowest BCUT2D eigenvalue weighted by Gasteiger charge is -2.13. The average molecular weight is 420 g/mol. The minimum absolute atomic E-state index is 0.117. The van der Waals surface area contributed by atoms with Gasteiger partial charge in [0.15, 0.2) is 5.65 Å². The Kier molecular flexibility index (Phi) is 6.42. The number of benzene rings is 1. The summed E-state index contributed by atoms with van der Waals surface area (Å²) < 4.78 is 1.79. The van der Waals surface area contributed by atoms with E-state index in [9.17, 15) is 4.79 Å². The largest absolute Gasteiger partial charge is 0.350 e. The fourth-order valence-corrected chi connectivity index (χ4v) is 3.42. The lowest BCUT2D eigenvalue weighted by Crippen LogP contribution is -2.32. The molecule has 3 aromatic rings. The summed E-state index contributed by atoms with van der Waals surface area (Å²) in [7, 11) is 1.84. The zero-order valence-electron chi connectivity index (χ0n) is 16.1. The highest BCUT2D eigenvalue weighted by Gasteiger charge is 2.16. The van der Waals surface area contributed by atoms with Gasteiger partial charge in [0.25, 0.3) is 5.91 Å². The molecule has 8 heteroatoms. The molecule has 0 saturated carbocycles. The van der Waals surface area contributed by atoms with E-state index < -0.39 is 0 Å². The first-order valence-corrected chi connectivity index (χ1v) is 10.0. The van der Waals surface area contributed by atoms with Crippen LogP contribution in [0.1, 0.15) is 43.5 Å². The molecule has 0 aliphatic rings. The number of para-hydroxylation sites is 1. The second kappa shape index (κ2) is 8.80. The fraction of sp³-hybridized carbons (Fsp3) is 0.350. The Labute approximate surface area is 174 Å². The number of hydrogen-bond donors (Lipinski definition) is 2. The van der Waals surface area contributed by atoms with E-state index in [4.69, 9.17) is 23.2 Å². The average Bonchev–Trinajstić information content (AvgIpc) is 2.98. The monoisotopic (exact) mass is 419 g/mol. The maximum absolute atomic E-state index is 12.5. The van der Waals surface area contributed by atoms with Gasteiger partial charge in [-0.05, 0) is 31.5 Å². The summed E-state index contributed by atoms with van der Waals surface area (Å²) in [4.78, 5) is 21.5. The molecular formula is C20H23Cl2N5O. The van der Waals surface area contributed by atoms with Crippen molar-refractivity contribution >= 4 is 51.9 Å². The molecule has 3 rings (SSSR count). The molecule has 2 N–H and O–H groups in total. The first-order chi connectivity index (χ1) is 13.4. The molecule has 1 amide bonds. The second-order valence-corrected chi connectivity index (χ2v) is 7.61. The number of carbonyl (C=O) groups excluding carboxylic acids is 1. The van der Waals surface area contributed by atoms with Gasteiger partial charge in [0.2, 0.25) is 5.95 Å². The van der Waals surface area contributed by atoms with Gasteiger partial charge in [-0.2, -0.15) is 0 Å². The van der Waals surface area contributed by atoms with Crippen molar-refractivity contribution in [1.29, 1.82) is 0 Å². The molecule has 1 aromatic carbocycles. The third kappa shape index (κ3) is 4.39. The van der Waals surface area contributed by atoms with E-state index in [1.807, 2.05) is 14.0 Å². The van der Waals surface area contributed by atoms with E-state index in [0.29, 0.717) is 38.4 Å². The summed E-state index contributed by atoms with van der Waals surface area (Å²) in [5.74, 6) is 0.388. The third-order valence-corrected chi connectivity index (χ3v) is 5.17. The highest BCUT2D eigenvalue weighted by Crippen LogP contribution is 2.32. The van der Waals surface area contributed by atoms with Gasteiger partial charge in [0, 0.05) is 19.3 Å². The zero-order valence-corrected chi connectivity index (χ0v) is 17.6. The topological polar surface area (TPSA) is 71.8 Å². The number of nitrogens with one attached hydrogen (secondary N) is 2. The molecule has 0 aliphatic heterocycles. The maximum atomic E-state index is 12.5. The number of amides is 1. The number of aromatic nitrogens is 3. The van der Waals surface area contributed by atoms with Crippen LogP contribution >= 0.6 is 23.2 Å². The predicted molar refractivity (Wildman–Crippen MR) is 115 cm³/mol. The molecule has 0 radical (unpaired) electrons. The molecule has 1 atom stereocenters. The molecule has 0 aliphatic carbocycles. The molecule has 6 nitrogen and oxygen atoms in total. The van der Waals surface area contributed by atoms with Crippen LogP contribution in [-0.4, -0.2) is 26.5 Å². The Hall–Kier alpha value is -2.31. The van der Waals surface area contributed by atoms with Crippen molar-refractivity contribution < 1.29 is 4.79 Å². The third-order valence-electron chi connectivity index (χ3n) is 4.54. The fourth-order valence-electron chi connectivity index (χ4n) is 2.93. The number of carbonyl (C=O) groups is 1. The molecule has 0 unspecified atom stereocenters. The normalized spacial score (nSPS) is 12.2. The van der Waals surface area contributed by atoms with Gasteiger partial charge in [-0.1, -0.05) is 49.0 Å². The Morgan fingerprint density at radius 2 is 2.00 bits per heavy atom. The Balaban J connectivity index is 1.84. The van der Waals surface area contributed by atoms with Crippen LogP contribution in [0.3, 0.4) is 0 Å². The first-order valence-electron chi connectivity index (χ1n) is 9.25. The standard InChI is InChI=1S/C20H23Cl2N5O/c1-4-5-7-12(2)24-19(28)13-10-16-18(23-11-13)27(3)20(25-16)26-17-14(21)8-6-9-15(17)22/h6,8-12H,4-5,7H2,1-3H3,(H,24,28)(H,25,26)/t12-/m1/s1. The van der Waals surface area contributed by atoms with E-state index in [1.54, 1.807) is 35.0 Å². The van der Waals surface area contributed by atoms with Crippen LogP contribution in [0.4, 0.5) is 11.6 Å². The number of anilines is 2. The smallest absolute Gasteiger partial charge is 0.253 e. The van der Waals surface area contributed by atoms with E-state index in [1.165, 1.54) is 0 Å². The Morgan fingerprint density at radius 3 is 2.68 bits per heavy atom. The minimum Gasteiger partial charge on any atom is -0.350 e.